The molecule has 0 spiro atoms. The molecule has 0 bridgehead atoms. The lowest BCUT2D eigenvalue weighted by Gasteiger charge is -2.20. The van der Waals surface area contributed by atoms with Gasteiger partial charge in [0.2, 0.25) is 0 Å². The van der Waals surface area contributed by atoms with Crippen LogP contribution in [0.25, 0.3) is 11.0 Å². The van der Waals surface area contributed by atoms with Crippen LogP contribution in [0.4, 0.5) is 0 Å². The van der Waals surface area contributed by atoms with Crippen molar-refractivity contribution in [2.24, 2.45) is 0 Å². The Bertz CT molecular complexity index is 609. The highest BCUT2D eigenvalue weighted by Gasteiger charge is 2.20. The molecule has 0 saturated heterocycles. The van der Waals surface area contributed by atoms with Crippen molar-refractivity contribution in [3.05, 3.63) is 47.2 Å². The van der Waals surface area contributed by atoms with Gasteiger partial charge < -0.3 is 9.73 Å². The molecule has 1 aromatic carbocycles. The molecule has 0 radical (unpaired) electrons. The Morgan fingerprint density at radius 3 is 2.84 bits per heavy atom. The van der Waals surface area contributed by atoms with Crippen LogP contribution in [0.2, 0.25) is 0 Å². The van der Waals surface area contributed by atoms with Crippen LogP contribution < -0.4 is 5.32 Å². The minimum Gasteiger partial charge on any atom is -0.459 e. The monoisotopic (exact) mass is 255 g/mol. The van der Waals surface area contributed by atoms with Crippen molar-refractivity contribution in [2.75, 3.05) is 7.05 Å². The van der Waals surface area contributed by atoms with E-state index in [4.69, 9.17) is 4.42 Å². The van der Waals surface area contributed by atoms with Crippen molar-refractivity contribution in [3.63, 3.8) is 0 Å². The number of fused-ring (bicyclic) bond motifs is 1. The number of allylic oxidation sites excluding steroid dienone is 1. The zero-order chi connectivity index (χ0) is 13.2. The summed E-state index contributed by atoms with van der Waals surface area (Å²) in [6, 6.07) is 8.76. The van der Waals surface area contributed by atoms with Gasteiger partial charge in [0.25, 0.3) is 0 Å². The molecule has 2 heteroatoms. The average molecular weight is 255 g/mol. The van der Waals surface area contributed by atoms with Gasteiger partial charge in [-0.2, -0.15) is 0 Å². The number of likely N-dealkylation sites (N-methyl/N-ethyl adjacent to an activating group) is 1. The second-order valence-electron chi connectivity index (χ2n) is 5.44. The number of benzene rings is 1. The molecule has 1 atom stereocenters. The fourth-order valence-electron chi connectivity index (χ4n) is 2.96. The zero-order valence-electron chi connectivity index (χ0n) is 11.7. The normalized spacial score (nSPS) is 17.5. The average Bonchev–Trinajstić information content (AvgIpc) is 2.83. The van der Waals surface area contributed by atoms with E-state index in [0.29, 0.717) is 0 Å². The Balaban J connectivity index is 1.98. The van der Waals surface area contributed by atoms with Crippen LogP contribution in [0, 0.1) is 6.92 Å². The molecule has 1 unspecified atom stereocenters. The predicted octanol–water partition coefficient (Wildman–Crippen LogP) is 4.50. The minimum absolute atomic E-state index is 0.230. The number of furan rings is 1. The molecule has 1 heterocycles. The summed E-state index contributed by atoms with van der Waals surface area (Å²) in [5, 5.41) is 4.60. The third-order valence-electron chi connectivity index (χ3n) is 3.96. The molecule has 1 aliphatic rings. The van der Waals surface area contributed by atoms with Gasteiger partial charge in [0.05, 0.1) is 6.04 Å². The van der Waals surface area contributed by atoms with Crippen LogP contribution in [-0.2, 0) is 0 Å². The molecule has 0 aliphatic heterocycles. The smallest absolute Gasteiger partial charge is 0.134 e. The SMILES string of the molecule is CNC(C1=CCCCC1)c1cc2cc(C)ccc2o1. The van der Waals surface area contributed by atoms with Gasteiger partial charge in [-0.3, -0.25) is 0 Å². The summed E-state index contributed by atoms with van der Waals surface area (Å²) < 4.78 is 6.03. The Morgan fingerprint density at radius 2 is 2.11 bits per heavy atom. The van der Waals surface area contributed by atoms with Crippen LogP contribution in [0.1, 0.15) is 43.0 Å². The summed E-state index contributed by atoms with van der Waals surface area (Å²) in [5.41, 5.74) is 3.74. The third-order valence-corrected chi connectivity index (χ3v) is 3.96. The van der Waals surface area contributed by atoms with E-state index in [1.807, 2.05) is 7.05 Å². The Morgan fingerprint density at radius 1 is 1.21 bits per heavy atom. The molecule has 0 fully saturated rings. The first kappa shape index (κ1) is 12.5. The fourth-order valence-corrected chi connectivity index (χ4v) is 2.96. The van der Waals surface area contributed by atoms with Gasteiger partial charge in [-0.15, -0.1) is 0 Å². The number of hydrogen-bond donors (Lipinski definition) is 1. The van der Waals surface area contributed by atoms with Crippen LogP contribution in [-0.4, -0.2) is 7.05 Å². The van der Waals surface area contributed by atoms with Crippen molar-refractivity contribution in [1.29, 1.82) is 0 Å². The first-order valence-electron chi connectivity index (χ1n) is 7.14. The molecule has 1 aliphatic carbocycles. The van der Waals surface area contributed by atoms with Crippen LogP contribution >= 0.6 is 0 Å². The quantitative estimate of drug-likeness (QED) is 0.817. The third kappa shape index (κ3) is 2.45. The standard InChI is InChI=1S/C17H21NO/c1-12-8-9-15-14(10-12)11-16(19-15)17(18-2)13-6-4-3-5-7-13/h6,8-11,17-18H,3-5,7H2,1-2H3. The summed E-state index contributed by atoms with van der Waals surface area (Å²) in [6.45, 7) is 2.12. The van der Waals surface area contributed by atoms with E-state index < -0.39 is 0 Å². The lowest BCUT2D eigenvalue weighted by Crippen LogP contribution is -2.19. The van der Waals surface area contributed by atoms with Gasteiger partial charge in [0.15, 0.2) is 0 Å². The van der Waals surface area contributed by atoms with Gasteiger partial charge in [0, 0.05) is 5.39 Å². The van der Waals surface area contributed by atoms with E-state index >= 15 is 0 Å². The fraction of sp³-hybridized carbons (Fsp3) is 0.412. The summed E-state index contributed by atoms with van der Waals surface area (Å²) in [7, 11) is 2.01. The van der Waals surface area contributed by atoms with Crippen molar-refractivity contribution in [2.45, 2.75) is 38.6 Å². The molecule has 100 valence electrons. The van der Waals surface area contributed by atoms with E-state index in [1.54, 1.807) is 0 Å². The molecule has 1 N–H and O–H groups in total. The second-order valence-corrected chi connectivity index (χ2v) is 5.44. The summed E-state index contributed by atoms with van der Waals surface area (Å²) >= 11 is 0. The van der Waals surface area contributed by atoms with Gasteiger partial charge in [0.1, 0.15) is 11.3 Å². The van der Waals surface area contributed by atoms with Crippen LogP contribution in [0.15, 0.2) is 40.3 Å². The first-order chi connectivity index (χ1) is 9.28. The first-order valence-corrected chi connectivity index (χ1v) is 7.14. The molecule has 2 aromatic rings. The Hall–Kier alpha value is -1.54. The van der Waals surface area contributed by atoms with Gasteiger partial charge in [-0.1, -0.05) is 17.7 Å². The number of hydrogen-bond acceptors (Lipinski definition) is 2. The summed E-state index contributed by atoms with van der Waals surface area (Å²) in [5.74, 6) is 1.04. The maximum absolute atomic E-state index is 6.03. The second kappa shape index (κ2) is 5.22. The molecular weight excluding hydrogens is 234 g/mol. The minimum atomic E-state index is 0.230. The number of aryl methyl sites for hydroxylation is 1. The number of nitrogens with one attached hydrogen (secondary N) is 1. The Kier molecular flexibility index (Phi) is 3.43. The van der Waals surface area contributed by atoms with E-state index in [2.05, 4.69) is 42.6 Å². The maximum atomic E-state index is 6.03. The maximum Gasteiger partial charge on any atom is 0.134 e. The molecular formula is C17H21NO. The highest BCUT2D eigenvalue weighted by atomic mass is 16.3. The van der Waals surface area contributed by atoms with Gasteiger partial charge >= 0.3 is 0 Å². The van der Waals surface area contributed by atoms with Gasteiger partial charge in [-0.25, -0.2) is 0 Å². The lowest BCUT2D eigenvalue weighted by atomic mass is 9.92. The van der Waals surface area contributed by atoms with Gasteiger partial charge in [-0.05, 0) is 63.4 Å². The van der Waals surface area contributed by atoms with Crippen LogP contribution in [0.5, 0.6) is 0 Å². The summed E-state index contributed by atoms with van der Waals surface area (Å²) in [4.78, 5) is 0. The molecule has 0 amide bonds. The Labute approximate surface area is 114 Å². The highest BCUT2D eigenvalue weighted by molar-refractivity contribution is 5.78. The molecule has 19 heavy (non-hydrogen) atoms. The lowest BCUT2D eigenvalue weighted by molar-refractivity contribution is 0.471. The van der Waals surface area contributed by atoms with Crippen molar-refractivity contribution in [1.82, 2.24) is 5.32 Å². The van der Waals surface area contributed by atoms with E-state index in [-0.39, 0.29) is 6.04 Å². The topological polar surface area (TPSA) is 25.2 Å². The van der Waals surface area contributed by atoms with Crippen molar-refractivity contribution in [3.8, 4) is 0 Å². The van der Waals surface area contributed by atoms with E-state index in [9.17, 15) is 0 Å². The molecule has 1 aromatic heterocycles. The van der Waals surface area contributed by atoms with E-state index in [1.165, 1.54) is 42.2 Å². The highest BCUT2D eigenvalue weighted by Crippen LogP contribution is 2.33. The molecule has 0 saturated carbocycles. The van der Waals surface area contributed by atoms with Crippen molar-refractivity contribution < 1.29 is 4.42 Å². The predicted molar refractivity (Wildman–Crippen MR) is 79.3 cm³/mol. The number of rotatable bonds is 3. The largest absolute Gasteiger partial charge is 0.459 e. The van der Waals surface area contributed by atoms with Crippen LogP contribution in [0.3, 0.4) is 0 Å². The van der Waals surface area contributed by atoms with E-state index in [0.717, 1.165) is 11.3 Å². The molecule has 2 nitrogen and oxygen atoms in total. The van der Waals surface area contributed by atoms with Crippen molar-refractivity contribution >= 4 is 11.0 Å². The zero-order valence-corrected chi connectivity index (χ0v) is 11.7. The summed E-state index contributed by atoms with van der Waals surface area (Å²) in [6.07, 6.45) is 7.38. The molecule has 3 rings (SSSR count).